The molecule has 1 heterocycles. The molecule has 1 aliphatic rings. The van der Waals surface area contributed by atoms with Crippen LogP contribution in [0.1, 0.15) is 95.5 Å². The summed E-state index contributed by atoms with van der Waals surface area (Å²) in [7, 11) is 0. The van der Waals surface area contributed by atoms with E-state index < -0.39 is 0 Å². The molecular formula is C23H38N2. The minimum atomic E-state index is 0.299. The molecule has 2 rings (SSSR count). The predicted octanol–water partition coefficient (Wildman–Crippen LogP) is 7.07. The minimum absolute atomic E-state index is 0.299. The Balaban J connectivity index is 1.64. The van der Waals surface area contributed by atoms with E-state index in [-0.39, 0.29) is 0 Å². The van der Waals surface area contributed by atoms with Crippen LogP contribution in [0.5, 0.6) is 0 Å². The second-order valence-corrected chi connectivity index (χ2v) is 7.96. The summed E-state index contributed by atoms with van der Waals surface area (Å²) < 4.78 is 0. The number of nitrogens with one attached hydrogen (secondary N) is 1. The van der Waals surface area contributed by atoms with Gasteiger partial charge >= 0.3 is 0 Å². The van der Waals surface area contributed by atoms with Gasteiger partial charge in [0.15, 0.2) is 0 Å². The Labute approximate surface area is 155 Å². The van der Waals surface area contributed by atoms with E-state index in [0.717, 1.165) is 12.2 Å². The predicted molar refractivity (Wildman–Crippen MR) is 109 cm³/mol. The molecule has 1 aromatic heterocycles. The van der Waals surface area contributed by atoms with Crippen molar-refractivity contribution >= 4 is 0 Å². The lowest BCUT2D eigenvalue weighted by atomic mass is 9.74. The fourth-order valence-electron chi connectivity index (χ4n) is 4.02. The standard InChI is InChI=1S/C23H38N2/c1-3-4-5-6-7-8-9-10-11-13-16-23(17-14-12-15-18-23)19-22-20-24-21(2)25-22/h12,14-15,17,20H,3-11,13,16,18-19H2,1-2H3,(H,24,25). The van der Waals surface area contributed by atoms with Gasteiger partial charge in [-0.2, -0.15) is 0 Å². The second kappa shape index (κ2) is 11.3. The van der Waals surface area contributed by atoms with Crippen LogP contribution in [-0.2, 0) is 6.42 Å². The first kappa shape index (κ1) is 20.0. The van der Waals surface area contributed by atoms with E-state index >= 15 is 0 Å². The third-order valence-corrected chi connectivity index (χ3v) is 5.55. The summed E-state index contributed by atoms with van der Waals surface area (Å²) >= 11 is 0. The van der Waals surface area contributed by atoms with Crippen molar-refractivity contribution in [1.29, 1.82) is 0 Å². The lowest BCUT2D eigenvalue weighted by molar-refractivity contribution is 0.328. The van der Waals surface area contributed by atoms with E-state index in [9.17, 15) is 0 Å². The fraction of sp³-hybridized carbons (Fsp3) is 0.696. The summed E-state index contributed by atoms with van der Waals surface area (Å²) in [4.78, 5) is 7.79. The largest absolute Gasteiger partial charge is 0.346 e. The lowest BCUT2D eigenvalue weighted by Gasteiger charge is -2.31. The Morgan fingerprint density at radius 2 is 1.64 bits per heavy atom. The first-order valence-electron chi connectivity index (χ1n) is 10.6. The third kappa shape index (κ3) is 7.63. The highest BCUT2D eigenvalue weighted by Crippen LogP contribution is 2.37. The zero-order chi connectivity index (χ0) is 17.8. The summed E-state index contributed by atoms with van der Waals surface area (Å²) in [5.41, 5.74) is 1.58. The number of hydrogen-bond donors (Lipinski definition) is 1. The van der Waals surface area contributed by atoms with Crippen LogP contribution in [0, 0.1) is 12.3 Å². The van der Waals surface area contributed by atoms with Gasteiger partial charge in [-0.15, -0.1) is 0 Å². The molecule has 2 heteroatoms. The smallest absolute Gasteiger partial charge is 0.103 e. The topological polar surface area (TPSA) is 28.7 Å². The van der Waals surface area contributed by atoms with E-state index in [1.807, 2.05) is 13.1 Å². The van der Waals surface area contributed by atoms with Gasteiger partial charge in [-0.25, -0.2) is 4.98 Å². The highest BCUT2D eigenvalue weighted by Gasteiger charge is 2.27. The zero-order valence-corrected chi connectivity index (χ0v) is 16.5. The minimum Gasteiger partial charge on any atom is -0.346 e. The number of unbranched alkanes of at least 4 members (excludes halogenated alkanes) is 9. The van der Waals surface area contributed by atoms with Crippen molar-refractivity contribution in [3.63, 3.8) is 0 Å². The molecule has 25 heavy (non-hydrogen) atoms. The van der Waals surface area contributed by atoms with Gasteiger partial charge in [0, 0.05) is 11.9 Å². The van der Waals surface area contributed by atoms with Gasteiger partial charge < -0.3 is 4.98 Å². The molecule has 2 nitrogen and oxygen atoms in total. The summed E-state index contributed by atoms with van der Waals surface area (Å²) in [5, 5.41) is 0. The Hall–Kier alpha value is -1.31. The van der Waals surface area contributed by atoms with Gasteiger partial charge in [0.2, 0.25) is 0 Å². The number of nitrogens with zero attached hydrogens (tertiary/aromatic N) is 1. The first-order chi connectivity index (χ1) is 12.2. The van der Waals surface area contributed by atoms with Crippen LogP contribution in [0.3, 0.4) is 0 Å². The first-order valence-corrected chi connectivity index (χ1v) is 10.6. The molecule has 0 aliphatic heterocycles. The third-order valence-electron chi connectivity index (χ3n) is 5.55. The lowest BCUT2D eigenvalue weighted by Crippen LogP contribution is -2.22. The number of hydrogen-bond acceptors (Lipinski definition) is 1. The van der Waals surface area contributed by atoms with Crippen molar-refractivity contribution in [3.8, 4) is 0 Å². The van der Waals surface area contributed by atoms with E-state index in [0.29, 0.717) is 5.41 Å². The van der Waals surface area contributed by atoms with Gasteiger partial charge in [-0.3, -0.25) is 0 Å². The molecule has 1 aromatic rings. The maximum Gasteiger partial charge on any atom is 0.103 e. The van der Waals surface area contributed by atoms with Crippen molar-refractivity contribution in [2.45, 2.75) is 97.3 Å². The highest BCUT2D eigenvalue weighted by molar-refractivity contribution is 5.19. The van der Waals surface area contributed by atoms with Gasteiger partial charge in [0.25, 0.3) is 0 Å². The van der Waals surface area contributed by atoms with Crippen LogP contribution in [0.2, 0.25) is 0 Å². The number of aromatic amines is 1. The fourth-order valence-corrected chi connectivity index (χ4v) is 4.02. The van der Waals surface area contributed by atoms with Crippen LogP contribution >= 0.6 is 0 Å². The quantitative estimate of drug-likeness (QED) is 0.381. The summed E-state index contributed by atoms with van der Waals surface area (Å²) in [5.74, 6) is 1.03. The molecule has 1 N–H and O–H groups in total. The van der Waals surface area contributed by atoms with Crippen molar-refractivity contribution in [3.05, 3.63) is 42.0 Å². The van der Waals surface area contributed by atoms with E-state index in [4.69, 9.17) is 0 Å². The zero-order valence-electron chi connectivity index (χ0n) is 16.5. The van der Waals surface area contributed by atoms with Crippen molar-refractivity contribution in [2.75, 3.05) is 0 Å². The van der Waals surface area contributed by atoms with E-state index in [2.05, 4.69) is 41.2 Å². The molecule has 0 fully saturated rings. The van der Waals surface area contributed by atoms with Crippen LogP contribution < -0.4 is 0 Å². The monoisotopic (exact) mass is 342 g/mol. The number of rotatable bonds is 13. The Morgan fingerprint density at radius 3 is 2.20 bits per heavy atom. The Bertz CT molecular complexity index is 526. The molecule has 1 aliphatic carbocycles. The molecule has 0 saturated carbocycles. The number of imidazole rings is 1. The maximum atomic E-state index is 4.37. The molecule has 0 spiro atoms. The Kier molecular flexibility index (Phi) is 9.07. The number of H-pyrrole nitrogens is 1. The number of allylic oxidation sites excluding steroid dienone is 4. The normalized spacial score (nSPS) is 19.6. The van der Waals surface area contributed by atoms with Crippen LogP contribution in [0.25, 0.3) is 0 Å². The SMILES string of the molecule is CCCCCCCCCCCCC1(Cc2cnc(C)[nH]2)C=CC=CC1. The average molecular weight is 343 g/mol. The summed E-state index contributed by atoms with van der Waals surface area (Å²) in [6, 6.07) is 0. The number of aromatic nitrogens is 2. The van der Waals surface area contributed by atoms with Crippen molar-refractivity contribution < 1.29 is 0 Å². The molecule has 1 unspecified atom stereocenters. The number of aryl methyl sites for hydroxylation is 1. The molecule has 0 aromatic carbocycles. The van der Waals surface area contributed by atoms with Gasteiger partial charge in [-0.1, -0.05) is 95.4 Å². The van der Waals surface area contributed by atoms with Gasteiger partial charge in [-0.05, 0) is 31.6 Å². The summed E-state index contributed by atoms with van der Waals surface area (Å²) in [6.45, 7) is 4.33. The molecule has 0 radical (unpaired) electrons. The van der Waals surface area contributed by atoms with Crippen LogP contribution in [0.4, 0.5) is 0 Å². The van der Waals surface area contributed by atoms with E-state index in [1.165, 1.54) is 82.7 Å². The van der Waals surface area contributed by atoms with Crippen molar-refractivity contribution in [2.24, 2.45) is 5.41 Å². The maximum absolute atomic E-state index is 4.37. The molecule has 0 amide bonds. The highest BCUT2D eigenvalue weighted by atomic mass is 14.9. The molecular weight excluding hydrogens is 304 g/mol. The van der Waals surface area contributed by atoms with E-state index in [1.54, 1.807) is 0 Å². The molecule has 140 valence electrons. The van der Waals surface area contributed by atoms with Gasteiger partial charge in [0.05, 0.1) is 0 Å². The molecule has 1 atom stereocenters. The summed E-state index contributed by atoms with van der Waals surface area (Å²) in [6.07, 6.45) is 28.9. The molecule has 0 bridgehead atoms. The van der Waals surface area contributed by atoms with Crippen LogP contribution in [0.15, 0.2) is 30.5 Å². The second-order valence-electron chi connectivity index (χ2n) is 7.96. The average Bonchev–Trinajstić information content (AvgIpc) is 3.02. The Morgan fingerprint density at radius 1 is 0.960 bits per heavy atom. The van der Waals surface area contributed by atoms with Crippen molar-refractivity contribution in [1.82, 2.24) is 9.97 Å². The van der Waals surface area contributed by atoms with Crippen LogP contribution in [-0.4, -0.2) is 9.97 Å². The molecule has 0 saturated heterocycles. The van der Waals surface area contributed by atoms with Gasteiger partial charge in [0.1, 0.15) is 5.82 Å².